The van der Waals surface area contributed by atoms with Crippen LogP contribution in [-0.4, -0.2) is 35.6 Å². The van der Waals surface area contributed by atoms with E-state index in [1.165, 1.54) is 6.92 Å². The van der Waals surface area contributed by atoms with Gasteiger partial charge < -0.3 is 9.84 Å². The Labute approximate surface area is 98.0 Å². The predicted molar refractivity (Wildman–Crippen MR) is 47.4 cm³/mol. The maximum Gasteiger partial charge on any atom is 0.426 e. The number of hydrogen-bond acceptors (Lipinski definition) is 3. The quantitative estimate of drug-likeness (QED) is 0.488. The zero-order chi connectivity index (χ0) is 14.8. The van der Waals surface area contributed by atoms with Crippen LogP contribution in [0.3, 0.4) is 0 Å². The number of carbonyl (C=O) groups excluding carboxylic acids is 1. The second-order valence-electron chi connectivity index (χ2n) is 3.52. The minimum Gasteiger partial charge on any atom is -0.462 e. The van der Waals surface area contributed by atoms with Crippen molar-refractivity contribution in [2.24, 2.45) is 0 Å². The number of aliphatic hydroxyl groups is 1. The van der Waals surface area contributed by atoms with Crippen LogP contribution in [-0.2, 0) is 9.53 Å². The van der Waals surface area contributed by atoms with Crippen molar-refractivity contribution in [2.45, 2.75) is 31.3 Å². The molecule has 0 saturated heterocycles. The van der Waals surface area contributed by atoms with Crippen molar-refractivity contribution in [2.75, 3.05) is 6.61 Å². The molecule has 0 spiro atoms. The van der Waals surface area contributed by atoms with Crippen molar-refractivity contribution in [3.63, 3.8) is 0 Å². The number of esters is 1. The van der Waals surface area contributed by atoms with Gasteiger partial charge in [0, 0.05) is 12.0 Å². The topological polar surface area (TPSA) is 46.5 Å². The summed E-state index contributed by atoms with van der Waals surface area (Å²) in [4.78, 5) is 10.8. The van der Waals surface area contributed by atoms with Gasteiger partial charge in [-0.3, -0.25) is 0 Å². The highest BCUT2D eigenvalue weighted by molar-refractivity contribution is 5.86. The molecule has 0 unspecified atom stereocenters. The molecule has 0 heterocycles. The Morgan fingerprint density at radius 3 is 1.83 bits per heavy atom. The minimum absolute atomic E-state index is 0.183. The second kappa shape index (κ2) is 5.17. The molecule has 0 aliphatic carbocycles. The molecule has 0 amide bonds. The van der Waals surface area contributed by atoms with Crippen LogP contribution in [0.25, 0.3) is 0 Å². The largest absolute Gasteiger partial charge is 0.462 e. The molecule has 0 aliphatic heterocycles. The summed E-state index contributed by atoms with van der Waals surface area (Å²) in [7, 11) is 0. The van der Waals surface area contributed by atoms with Gasteiger partial charge >= 0.3 is 18.3 Å². The fraction of sp³-hybridized carbons (Fsp3) is 0.667. The molecule has 0 rings (SSSR count). The van der Waals surface area contributed by atoms with E-state index in [-0.39, 0.29) is 5.57 Å². The van der Waals surface area contributed by atoms with E-state index in [0.29, 0.717) is 0 Å². The lowest BCUT2D eigenvalue weighted by Crippen LogP contribution is -2.57. The van der Waals surface area contributed by atoms with Gasteiger partial charge in [0.2, 0.25) is 0 Å². The van der Waals surface area contributed by atoms with Gasteiger partial charge in [0.15, 0.2) is 0 Å². The Bertz CT molecular complexity index is 316. The summed E-state index contributed by atoms with van der Waals surface area (Å²) < 4.78 is 77.0. The zero-order valence-corrected chi connectivity index (χ0v) is 9.15. The molecule has 9 heteroatoms. The minimum atomic E-state index is -5.92. The van der Waals surface area contributed by atoms with Crippen molar-refractivity contribution in [1.29, 1.82) is 0 Å². The van der Waals surface area contributed by atoms with Crippen LogP contribution in [0.15, 0.2) is 12.2 Å². The lowest BCUT2D eigenvalue weighted by atomic mass is 9.99. The Hall–Kier alpha value is -1.25. The van der Waals surface area contributed by atoms with E-state index in [9.17, 15) is 31.1 Å². The van der Waals surface area contributed by atoms with Gasteiger partial charge in [-0.25, -0.2) is 4.79 Å². The number of ether oxygens (including phenoxy) is 1. The van der Waals surface area contributed by atoms with Gasteiger partial charge in [-0.15, -0.1) is 0 Å². The first-order chi connectivity index (χ1) is 7.83. The van der Waals surface area contributed by atoms with Crippen LogP contribution in [0.2, 0.25) is 0 Å². The van der Waals surface area contributed by atoms with E-state index in [0.717, 1.165) is 0 Å². The Balaban J connectivity index is 4.77. The van der Waals surface area contributed by atoms with Crippen LogP contribution >= 0.6 is 0 Å². The van der Waals surface area contributed by atoms with Crippen LogP contribution in [0.5, 0.6) is 0 Å². The first-order valence-electron chi connectivity index (χ1n) is 4.51. The molecule has 0 aromatic carbocycles. The summed E-state index contributed by atoms with van der Waals surface area (Å²) >= 11 is 0. The van der Waals surface area contributed by atoms with E-state index >= 15 is 0 Å². The molecule has 0 aromatic heterocycles. The van der Waals surface area contributed by atoms with Crippen molar-refractivity contribution in [3.8, 4) is 0 Å². The number of rotatable bonds is 4. The normalized spacial score (nSPS) is 13.3. The van der Waals surface area contributed by atoms with Gasteiger partial charge in [-0.2, -0.15) is 26.3 Å². The van der Waals surface area contributed by atoms with Gasteiger partial charge in [0.05, 0.1) is 6.61 Å². The molecule has 0 fully saturated rings. The van der Waals surface area contributed by atoms with E-state index in [1.807, 2.05) is 0 Å². The Morgan fingerprint density at radius 1 is 1.17 bits per heavy atom. The van der Waals surface area contributed by atoms with E-state index < -0.39 is 37.0 Å². The average molecular weight is 280 g/mol. The van der Waals surface area contributed by atoms with Crippen molar-refractivity contribution in [1.82, 2.24) is 0 Å². The summed E-state index contributed by atoms with van der Waals surface area (Å²) in [5.41, 5.74) is -5.09. The van der Waals surface area contributed by atoms with Gasteiger partial charge in [0.25, 0.3) is 5.60 Å². The molecule has 3 nitrogen and oxygen atoms in total. The monoisotopic (exact) mass is 280 g/mol. The van der Waals surface area contributed by atoms with E-state index in [4.69, 9.17) is 5.11 Å². The number of halogens is 6. The van der Waals surface area contributed by atoms with Gasteiger partial charge in [0.1, 0.15) is 0 Å². The lowest BCUT2D eigenvalue weighted by Gasteiger charge is -2.31. The summed E-state index contributed by atoms with van der Waals surface area (Å²) in [6.07, 6.45) is -13.7. The van der Waals surface area contributed by atoms with E-state index in [2.05, 4.69) is 11.3 Å². The molecule has 18 heavy (non-hydrogen) atoms. The number of alkyl halides is 6. The molecule has 0 aromatic rings. The van der Waals surface area contributed by atoms with Gasteiger partial charge in [-0.05, 0) is 6.92 Å². The molecule has 0 aliphatic rings. The second-order valence-corrected chi connectivity index (χ2v) is 3.52. The number of carbonyl (C=O) groups is 1. The molecule has 0 bridgehead atoms. The van der Waals surface area contributed by atoms with Crippen molar-refractivity contribution >= 4 is 5.97 Å². The molecule has 106 valence electrons. The molecule has 0 radical (unpaired) electrons. The predicted octanol–water partition coefficient (Wildman–Crippen LogP) is 2.35. The molecule has 1 N–H and O–H groups in total. The maximum absolute atomic E-state index is 12.2. The van der Waals surface area contributed by atoms with Crippen LogP contribution in [0.1, 0.15) is 13.3 Å². The molecular weight excluding hydrogens is 270 g/mol. The third-order valence-corrected chi connectivity index (χ3v) is 1.98. The van der Waals surface area contributed by atoms with Gasteiger partial charge in [-0.1, -0.05) is 6.58 Å². The Kier molecular flexibility index (Phi) is 4.81. The zero-order valence-electron chi connectivity index (χ0n) is 9.15. The summed E-state index contributed by atoms with van der Waals surface area (Å²) in [6, 6.07) is 0. The Morgan fingerprint density at radius 2 is 1.56 bits per heavy atom. The van der Waals surface area contributed by atoms with Crippen molar-refractivity contribution in [3.05, 3.63) is 12.2 Å². The molecule has 0 atom stereocenters. The summed E-state index contributed by atoms with van der Waals surface area (Å²) in [5, 5.41) is 8.67. The fourth-order valence-electron chi connectivity index (χ4n) is 0.859. The summed E-state index contributed by atoms with van der Waals surface area (Å²) in [6.45, 7) is 3.02. The lowest BCUT2D eigenvalue weighted by molar-refractivity contribution is -0.371. The molecule has 0 saturated carbocycles. The third kappa shape index (κ3) is 3.62. The third-order valence-electron chi connectivity index (χ3n) is 1.98. The highest BCUT2D eigenvalue weighted by atomic mass is 19.4. The summed E-state index contributed by atoms with van der Waals surface area (Å²) in [5.74, 6) is -1.14. The average Bonchev–Trinajstić information content (AvgIpc) is 2.13. The maximum atomic E-state index is 12.2. The fourth-order valence-corrected chi connectivity index (χ4v) is 0.859. The van der Waals surface area contributed by atoms with Crippen LogP contribution < -0.4 is 0 Å². The van der Waals surface area contributed by atoms with Crippen molar-refractivity contribution < 1.29 is 41.0 Å². The first kappa shape index (κ1) is 16.8. The molecular formula is C9H10F6O3. The first-order valence-corrected chi connectivity index (χ1v) is 4.51. The van der Waals surface area contributed by atoms with E-state index in [1.54, 1.807) is 0 Å². The standard InChI is InChI=1S/C9H10F6O3/c1-5(2)6(16)18-4-3-7(17,8(10,11)12)9(13,14)15/h17H,1,3-4H2,2H3. The highest BCUT2D eigenvalue weighted by Gasteiger charge is 2.69. The van der Waals surface area contributed by atoms with Crippen LogP contribution in [0.4, 0.5) is 26.3 Å². The smallest absolute Gasteiger partial charge is 0.426 e. The number of hydrogen-bond donors (Lipinski definition) is 1. The van der Waals surface area contributed by atoms with Crippen LogP contribution in [0, 0.1) is 0 Å². The SMILES string of the molecule is C=C(C)C(=O)OCCC(O)(C(F)(F)F)C(F)(F)F. The highest BCUT2D eigenvalue weighted by Crippen LogP contribution is 2.45.